The Hall–Kier alpha value is 0.322. The summed E-state index contributed by atoms with van der Waals surface area (Å²) in [5.41, 5.74) is 0. The second-order valence-corrected chi connectivity index (χ2v) is 7.70. The molecule has 3 atom stereocenters. The standard InChI is InChI=1S/Al.3HO6PS/c;3*1-7(2)6-8(3,4)5/h;3*(H,3,4,5)/q+3;;;/p-3. The molecule has 0 aliphatic heterocycles. The van der Waals surface area contributed by atoms with Crippen molar-refractivity contribution >= 4 is 73.3 Å². The number of rotatable bonds is 6. The van der Waals surface area contributed by atoms with Gasteiger partial charge in [0.2, 0.25) is 0 Å². The van der Waals surface area contributed by atoms with Crippen molar-refractivity contribution in [2.24, 2.45) is 0 Å². The minimum atomic E-state index is -5.07. The first-order valence-corrected chi connectivity index (χ1v) is 10.9. The van der Waals surface area contributed by atoms with Gasteiger partial charge in [-0.15, -0.1) is 0 Å². The first-order chi connectivity index (χ1) is 10.2. The minimum absolute atomic E-state index is 0. The predicted octanol–water partition coefficient (Wildman–Crippen LogP) is -4.94. The van der Waals surface area contributed by atoms with E-state index in [9.17, 15) is 67.3 Å². The average Bonchev–Trinajstić information content (AvgIpc) is 2.04. The Morgan fingerprint density at radius 3 is 0.640 bits per heavy atom. The zero-order chi connectivity index (χ0) is 20.4. The largest absolute Gasteiger partial charge is 3.00 e. The van der Waals surface area contributed by atoms with Gasteiger partial charge in [-0.2, -0.15) is 0 Å². The topological polar surface area (TPSA) is 320 Å². The van der Waals surface area contributed by atoms with Crippen LogP contribution in [-0.2, 0) is 56.8 Å². The Balaban J connectivity index is -0.000000130. The third-order valence-electron chi connectivity index (χ3n) is 0.456. The molecule has 0 fully saturated rings. The number of hydrogen-bond donors (Lipinski definition) is 0. The summed E-state index contributed by atoms with van der Waals surface area (Å²) in [7, 11) is -26.0. The van der Waals surface area contributed by atoms with E-state index in [1.807, 2.05) is 0 Å². The van der Waals surface area contributed by atoms with Crippen LogP contribution in [0.2, 0.25) is 0 Å². The molecule has 0 aromatic rings. The summed E-state index contributed by atoms with van der Waals surface area (Å²) in [6.07, 6.45) is 0. The Morgan fingerprint density at radius 1 is 0.520 bits per heavy atom. The van der Waals surface area contributed by atoms with Gasteiger partial charge in [-0.3, -0.25) is 0 Å². The summed E-state index contributed by atoms with van der Waals surface area (Å²) in [5, 5.41) is 0. The third-order valence-corrected chi connectivity index (χ3v) is 4.11. The van der Waals surface area contributed by atoms with E-state index in [2.05, 4.69) is 11.9 Å². The van der Waals surface area contributed by atoms with Crippen LogP contribution in [0.1, 0.15) is 0 Å². The van der Waals surface area contributed by atoms with Crippen molar-refractivity contribution in [2.45, 2.75) is 0 Å². The zero-order valence-electron chi connectivity index (χ0n) is 10.5. The molecule has 25 heteroatoms. The minimum Gasteiger partial charge on any atom is -0.722 e. The summed E-state index contributed by atoms with van der Waals surface area (Å²) in [6.45, 7) is 0. The molecule has 25 heavy (non-hydrogen) atoms. The molecule has 0 rings (SSSR count). The Kier molecular flexibility index (Phi) is 19.0. The molecular weight excluding hydrogens is 504 g/mol. The first kappa shape index (κ1) is 32.9. The molecule has 0 N–H and O–H groups in total. The maximum Gasteiger partial charge on any atom is 3.00 e. The molecule has 0 radical (unpaired) electrons. The van der Waals surface area contributed by atoms with Crippen LogP contribution in [0.25, 0.3) is 0 Å². The van der Waals surface area contributed by atoms with Crippen LogP contribution >= 0.6 is 24.8 Å². The second-order valence-electron chi connectivity index (χ2n) is 2.12. The van der Waals surface area contributed by atoms with E-state index in [1.54, 1.807) is 0 Å². The first-order valence-electron chi connectivity index (χ1n) is 3.64. The van der Waals surface area contributed by atoms with Crippen LogP contribution in [0, 0.1) is 0 Å². The van der Waals surface area contributed by atoms with E-state index >= 15 is 0 Å². The molecule has 0 spiro atoms. The maximum atomic E-state index is 9.28. The van der Waals surface area contributed by atoms with Crippen molar-refractivity contribution in [2.75, 3.05) is 0 Å². The molecule has 0 saturated carbocycles. The molecule has 0 aliphatic carbocycles. The fourth-order valence-corrected chi connectivity index (χ4v) is 2.01. The molecule has 0 saturated heterocycles. The van der Waals surface area contributed by atoms with Gasteiger partial charge >= 0.3 is 42.1 Å². The normalized spacial score (nSPS) is 13.0. The molecule has 3 unspecified atom stereocenters. The summed E-state index contributed by atoms with van der Waals surface area (Å²) in [5.74, 6) is 0. The smallest absolute Gasteiger partial charge is 0.722 e. The van der Waals surface area contributed by atoms with Crippen LogP contribution in [0.4, 0.5) is 0 Å². The van der Waals surface area contributed by atoms with Gasteiger partial charge in [0, 0.05) is 0 Å². The summed E-state index contributed by atoms with van der Waals surface area (Å²) in [4.78, 5) is 27.8. The van der Waals surface area contributed by atoms with E-state index in [4.69, 9.17) is 0 Å². The van der Waals surface area contributed by atoms with Gasteiger partial charge in [-0.1, -0.05) is 0 Å². The fourth-order valence-electron chi connectivity index (χ4n) is 0.224. The molecule has 18 nitrogen and oxygen atoms in total. The van der Waals surface area contributed by atoms with Crippen molar-refractivity contribution in [3.05, 3.63) is 0 Å². The molecule has 144 valence electrons. The van der Waals surface area contributed by atoms with E-state index in [0.29, 0.717) is 0 Å². The van der Waals surface area contributed by atoms with Gasteiger partial charge in [-0.25, -0.2) is 25.3 Å². The van der Waals surface area contributed by atoms with E-state index in [1.165, 1.54) is 0 Å². The molecule has 0 amide bonds. The van der Waals surface area contributed by atoms with Crippen LogP contribution in [0.3, 0.4) is 0 Å². The summed E-state index contributed by atoms with van der Waals surface area (Å²) in [6, 6.07) is 0. The predicted molar refractivity (Wildman–Crippen MR) is 60.9 cm³/mol. The summed E-state index contributed by atoms with van der Waals surface area (Å²) < 4.78 is 120. The number of hydrogen-bond acceptors (Lipinski definition) is 18. The van der Waals surface area contributed by atoms with Gasteiger partial charge in [-0.05, 0) is 25.6 Å². The van der Waals surface area contributed by atoms with Gasteiger partial charge < -0.3 is 28.3 Å². The molecule has 0 bridgehead atoms. The molecular formula is AlO18P3S3. The summed E-state index contributed by atoms with van der Waals surface area (Å²) >= 11 is 0. The van der Waals surface area contributed by atoms with Gasteiger partial charge in [0.25, 0.3) is 31.2 Å². The van der Waals surface area contributed by atoms with Crippen molar-refractivity contribution in [3.8, 4) is 0 Å². The Bertz CT molecular complexity index is 635. The van der Waals surface area contributed by atoms with Crippen molar-refractivity contribution < 1.29 is 79.2 Å². The molecule has 0 aromatic heterocycles. The van der Waals surface area contributed by atoms with Crippen molar-refractivity contribution in [3.63, 3.8) is 0 Å². The quantitative estimate of drug-likeness (QED) is 0.141. The van der Waals surface area contributed by atoms with Crippen LogP contribution in [0.5, 0.6) is 0 Å². The maximum absolute atomic E-state index is 9.28. The fraction of sp³-hybridized carbons (Fsp3) is 0. The van der Waals surface area contributed by atoms with Crippen LogP contribution in [0.15, 0.2) is 0 Å². The van der Waals surface area contributed by atoms with Crippen molar-refractivity contribution in [1.29, 1.82) is 0 Å². The van der Waals surface area contributed by atoms with Crippen molar-refractivity contribution in [1.82, 2.24) is 0 Å². The van der Waals surface area contributed by atoms with Crippen LogP contribution in [-0.4, -0.2) is 56.3 Å². The SMILES string of the molecule is O=[P+]([O-])OS(=O)(=O)[O-].O=[P+]([O-])OS(=O)(=O)[O-].O=[P+]([O-])OS(=O)(=O)[O-].[Al+3]. The molecule has 0 aromatic carbocycles. The molecule has 0 heterocycles. The van der Waals surface area contributed by atoms with Gasteiger partial charge in [0.1, 0.15) is 0 Å². The van der Waals surface area contributed by atoms with E-state index in [-0.39, 0.29) is 17.4 Å². The zero-order valence-corrected chi connectivity index (χ0v) is 16.8. The molecule has 0 aliphatic rings. The van der Waals surface area contributed by atoms with Crippen LogP contribution < -0.4 is 14.7 Å². The van der Waals surface area contributed by atoms with Gasteiger partial charge in [0.15, 0.2) is 0 Å². The van der Waals surface area contributed by atoms with E-state index in [0.717, 1.165) is 0 Å². The van der Waals surface area contributed by atoms with E-state index < -0.39 is 56.0 Å². The van der Waals surface area contributed by atoms with Gasteiger partial charge in [0.05, 0.1) is 0 Å². The Labute approximate surface area is 152 Å². The Morgan fingerprint density at radius 2 is 0.640 bits per heavy atom. The monoisotopic (exact) mass is 504 g/mol. The third kappa shape index (κ3) is 51.6. The average molecular weight is 504 g/mol. The second kappa shape index (κ2) is 14.4.